The molecule has 1 atom stereocenters. The highest BCUT2D eigenvalue weighted by atomic mass is 19.4. The first-order valence-corrected chi connectivity index (χ1v) is 6.38. The zero-order chi connectivity index (χ0) is 15.8. The molecular formula is C14H17F3N4. The summed E-state index contributed by atoms with van der Waals surface area (Å²) in [6.07, 6.45) is -2.55. The van der Waals surface area contributed by atoms with Crippen molar-refractivity contribution in [2.75, 3.05) is 0 Å². The van der Waals surface area contributed by atoms with E-state index in [1.807, 2.05) is 6.92 Å². The Labute approximate surface area is 120 Å². The fourth-order valence-corrected chi connectivity index (χ4v) is 2.42. The van der Waals surface area contributed by atoms with Gasteiger partial charge in [0.15, 0.2) is 0 Å². The van der Waals surface area contributed by atoms with Crippen molar-refractivity contribution in [3.8, 4) is 0 Å². The Morgan fingerprint density at radius 3 is 2.33 bits per heavy atom. The fourth-order valence-electron chi connectivity index (χ4n) is 2.42. The van der Waals surface area contributed by atoms with Crippen LogP contribution in [0.25, 0.3) is 0 Å². The van der Waals surface area contributed by atoms with Gasteiger partial charge in [0.05, 0.1) is 17.3 Å². The number of aromatic nitrogens is 2. The third-order valence-corrected chi connectivity index (χ3v) is 3.44. The number of hydrogen-bond acceptors (Lipinski definition) is 3. The molecule has 0 saturated carbocycles. The van der Waals surface area contributed by atoms with Gasteiger partial charge in [-0.2, -0.15) is 18.3 Å². The van der Waals surface area contributed by atoms with Crippen LogP contribution < -0.4 is 11.3 Å². The standard InChI is InChI=1S/C14H17F3N4/c1-8-6-10(14(15,16)17)4-5-11(8)13(19-18)12-7-21(3)20-9(12)2/h4-7,13,19H,18H2,1-3H3. The normalized spacial score (nSPS) is 13.5. The van der Waals surface area contributed by atoms with E-state index in [0.29, 0.717) is 11.1 Å². The lowest BCUT2D eigenvalue weighted by Gasteiger charge is -2.19. The minimum absolute atomic E-state index is 0.402. The van der Waals surface area contributed by atoms with Crippen LogP contribution in [0, 0.1) is 13.8 Å². The van der Waals surface area contributed by atoms with Crippen LogP contribution in [0.1, 0.15) is 34.0 Å². The average Bonchev–Trinajstić information content (AvgIpc) is 2.70. The summed E-state index contributed by atoms with van der Waals surface area (Å²) in [7, 11) is 1.78. The number of aryl methyl sites for hydroxylation is 3. The monoisotopic (exact) mass is 298 g/mol. The molecule has 0 bridgehead atoms. The first kappa shape index (κ1) is 15.5. The Morgan fingerprint density at radius 1 is 1.24 bits per heavy atom. The molecule has 21 heavy (non-hydrogen) atoms. The van der Waals surface area contributed by atoms with Gasteiger partial charge in [-0.05, 0) is 37.1 Å². The van der Waals surface area contributed by atoms with Crippen molar-refractivity contribution in [3.05, 3.63) is 52.3 Å². The van der Waals surface area contributed by atoms with Crippen molar-refractivity contribution in [3.63, 3.8) is 0 Å². The fraction of sp³-hybridized carbons (Fsp3) is 0.357. The van der Waals surface area contributed by atoms with Gasteiger partial charge in [-0.3, -0.25) is 10.5 Å². The topological polar surface area (TPSA) is 55.9 Å². The molecule has 1 heterocycles. The predicted octanol–water partition coefficient (Wildman–Crippen LogP) is 2.61. The Hall–Kier alpha value is -1.86. The minimum Gasteiger partial charge on any atom is -0.275 e. The molecule has 1 aromatic heterocycles. The number of halogens is 3. The molecule has 4 nitrogen and oxygen atoms in total. The van der Waals surface area contributed by atoms with E-state index >= 15 is 0 Å². The number of benzene rings is 1. The summed E-state index contributed by atoms with van der Waals surface area (Å²) in [5, 5.41) is 4.23. The number of rotatable bonds is 3. The Balaban J connectivity index is 2.46. The van der Waals surface area contributed by atoms with Crippen molar-refractivity contribution in [2.24, 2.45) is 12.9 Å². The van der Waals surface area contributed by atoms with Gasteiger partial charge in [0, 0.05) is 18.8 Å². The van der Waals surface area contributed by atoms with Gasteiger partial charge in [-0.25, -0.2) is 5.43 Å². The second-order valence-electron chi connectivity index (χ2n) is 5.01. The summed E-state index contributed by atoms with van der Waals surface area (Å²) in [6.45, 7) is 3.47. The summed E-state index contributed by atoms with van der Waals surface area (Å²) < 4.78 is 39.8. The Kier molecular flexibility index (Phi) is 4.06. The first-order chi connectivity index (χ1) is 9.74. The van der Waals surface area contributed by atoms with Crippen molar-refractivity contribution >= 4 is 0 Å². The second kappa shape index (κ2) is 5.50. The Bertz CT molecular complexity index is 646. The molecule has 1 unspecified atom stereocenters. The van der Waals surface area contributed by atoms with Crippen LogP contribution in [0.15, 0.2) is 24.4 Å². The summed E-state index contributed by atoms with van der Waals surface area (Å²) >= 11 is 0. The number of alkyl halides is 3. The molecule has 0 amide bonds. The van der Waals surface area contributed by atoms with Crippen LogP contribution in [0.4, 0.5) is 13.2 Å². The Morgan fingerprint density at radius 2 is 1.90 bits per heavy atom. The van der Waals surface area contributed by atoms with Crippen LogP contribution in [0.3, 0.4) is 0 Å². The van der Waals surface area contributed by atoms with Crippen LogP contribution in [0.5, 0.6) is 0 Å². The van der Waals surface area contributed by atoms with E-state index in [1.165, 1.54) is 6.07 Å². The summed E-state index contributed by atoms with van der Waals surface area (Å²) in [4.78, 5) is 0. The van der Waals surface area contributed by atoms with E-state index < -0.39 is 17.8 Å². The predicted molar refractivity (Wildman–Crippen MR) is 73.3 cm³/mol. The zero-order valence-corrected chi connectivity index (χ0v) is 12.0. The van der Waals surface area contributed by atoms with E-state index in [4.69, 9.17) is 5.84 Å². The lowest BCUT2D eigenvalue weighted by molar-refractivity contribution is -0.137. The number of nitrogens with two attached hydrogens (primary N) is 1. The molecule has 2 aromatic rings. The molecule has 114 valence electrons. The van der Waals surface area contributed by atoms with Gasteiger partial charge in [0.1, 0.15) is 0 Å². The third kappa shape index (κ3) is 3.08. The summed E-state index contributed by atoms with van der Waals surface area (Å²) in [6, 6.07) is 3.25. The highest BCUT2D eigenvalue weighted by Gasteiger charge is 2.31. The van der Waals surface area contributed by atoms with Gasteiger partial charge in [0.25, 0.3) is 0 Å². The van der Waals surface area contributed by atoms with E-state index in [9.17, 15) is 13.2 Å². The molecule has 7 heteroatoms. The van der Waals surface area contributed by atoms with Crippen LogP contribution >= 0.6 is 0 Å². The molecule has 0 aliphatic heterocycles. The highest BCUT2D eigenvalue weighted by molar-refractivity contribution is 5.40. The maximum absolute atomic E-state index is 12.7. The molecule has 2 rings (SSSR count). The largest absolute Gasteiger partial charge is 0.416 e. The van der Waals surface area contributed by atoms with Gasteiger partial charge in [-0.15, -0.1) is 0 Å². The highest BCUT2D eigenvalue weighted by Crippen LogP contribution is 2.33. The lowest BCUT2D eigenvalue weighted by atomic mass is 9.94. The molecule has 3 N–H and O–H groups in total. The first-order valence-electron chi connectivity index (χ1n) is 6.38. The van der Waals surface area contributed by atoms with Crippen molar-refractivity contribution in [2.45, 2.75) is 26.1 Å². The molecule has 0 aliphatic rings. The number of hydrogen-bond donors (Lipinski definition) is 2. The van der Waals surface area contributed by atoms with Crippen LogP contribution in [-0.2, 0) is 13.2 Å². The van der Waals surface area contributed by atoms with Gasteiger partial charge in [0.2, 0.25) is 0 Å². The smallest absolute Gasteiger partial charge is 0.275 e. The number of nitrogens with one attached hydrogen (secondary N) is 1. The molecule has 0 saturated heterocycles. The van der Waals surface area contributed by atoms with E-state index in [-0.39, 0.29) is 0 Å². The van der Waals surface area contributed by atoms with Crippen LogP contribution in [0.2, 0.25) is 0 Å². The quantitative estimate of drug-likeness (QED) is 0.676. The van der Waals surface area contributed by atoms with Gasteiger partial charge < -0.3 is 0 Å². The molecular weight excluding hydrogens is 281 g/mol. The third-order valence-electron chi connectivity index (χ3n) is 3.44. The molecule has 0 aliphatic carbocycles. The maximum Gasteiger partial charge on any atom is 0.416 e. The zero-order valence-electron chi connectivity index (χ0n) is 12.0. The molecule has 1 aromatic carbocycles. The SMILES string of the molecule is Cc1cc(C(F)(F)F)ccc1C(NN)c1cn(C)nc1C. The van der Waals surface area contributed by atoms with Crippen LogP contribution in [-0.4, -0.2) is 9.78 Å². The number of nitrogens with zero attached hydrogens (tertiary/aromatic N) is 2. The molecule has 0 fully saturated rings. The van der Waals surface area contributed by atoms with E-state index in [2.05, 4.69) is 10.5 Å². The van der Waals surface area contributed by atoms with E-state index in [1.54, 1.807) is 24.9 Å². The molecule has 0 radical (unpaired) electrons. The average molecular weight is 298 g/mol. The van der Waals surface area contributed by atoms with Gasteiger partial charge >= 0.3 is 6.18 Å². The minimum atomic E-state index is -4.35. The van der Waals surface area contributed by atoms with Crippen molar-refractivity contribution in [1.29, 1.82) is 0 Å². The molecule has 0 spiro atoms. The summed E-state index contributed by atoms with van der Waals surface area (Å²) in [5.74, 6) is 5.60. The van der Waals surface area contributed by atoms with E-state index in [0.717, 1.165) is 23.4 Å². The van der Waals surface area contributed by atoms with Crippen molar-refractivity contribution in [1.82, 2.24) is 15.2 Å². The maximum atomic E-state index is 12.7. The van der Waals surface area contributed by atoms with Gasteiger partial charge in [-0.1, -0.05) is 6.07 Å². The second-order valence-corrected chi connectivity index (χ2v) is 5.01. The van der Waals surface area contributed by atoms with Crippen molar-refractivity contribution < 1.29 is 13.2 Å². The lowest BCUT2D eigenvalue weighted by Crippen LogP contribution is -2.29. The summed E-state index contributed by atoms with van der Waals surface area (Å²) in [5.41, 5.74) is 4.82. The number of hydrazine groups is 1.